The Morgan fingerprint density at radius 2 is 2.00 bits per heavy atom. The van der Waals surface area contributed by atoms with Crippen molar-refractivity contribution < 1.29 is 17.9 Å². The van der Waals surface area contributed by atoms with Crippen LogP contribution < -0.4 is 5.32 Å². The molecule has 0 spiro atoms. The number of benzene rings is 1. The lowest BCUT2D eigenvalue weighted by molar-refractivity contribution is 0.000438. The van der Waals surface area contributed by atoms with E-state index in [9.17, 15) is 13.2 Å². The van der Waals surface area contributed by atoms with Crippen LogP contribution in [0.4, 0.5) is 0 Å². The van der Waals surface area contributed by atoms with Crippen molar-refractivity contribution in [3.05, 3.63) is 33.3 Å². The third-order valence-corrected chi connectivity index (χ3v) is 5.66. The molecule has 1 aromatic carbocycles. The number of sulfonamides is 1. The molecule has 6 nitrogen and oxygen atoms in total. The highest BCUT2D eigenvalue weighted by molar-refractivity contribution is 7.88. The average Bonchev–Trinajstić information content (AvgIpc) is 2.49. The fraction of sp³-hybridized carbons (Fsp3) is 0.500. The maximum Gasteiger partial charge on any atom is 0.251 e. The molecule has 0 aliphatic carbocycles. The summed E-state index contributed by atoms with van der Waals surface area (Å²) in [6, 6.07) is 3.09. The highest BCUT2D eigenvalue weighted by Crippen LogP contribution is 2.25. The van der Waals surface area contributed by atoms with Crippen molar-refractivity contribution in [1.29, 1.82) is 0 Å². The lowest BCUT2D eigenvalue weighted by atomic mass is 10.1. The van der Waals surface area contributed by atoms with Crippen molar-refractivity contribution in [3.8, 4) is 0 Å². The van der Waals surface area contributed by atoms with Crippen molar-refractivity contribution in [3.63, 3.8) is 0 Å². The minimum atomic E-state index is -3.26. The Hall–Kier alpha value is -0.860. The third-order valence-electron chi connectivity index (χ3n) is 3.60. The van der Waals surface area contributed by atoms with Crippen molar-refractivity contribution >= 4 is 39.1 Å². The van der Waals surface area contributed by atoms with Crippen molar-refractivity contribution in [2.24, 2.45) is 0 Å². The molecule has 1 aliphatic rings. The van der Waals surface area contributed by atoms with E-state index >= 15 is 0 Å². The summed E-state index contributed by atoms with van der Waals surface area (Å²) in [6.07, 6.45) is 0.767. The summed E-state index contributed by atoms with van der Waals surface area (Å²) >= 11 is 12.0. The Balaban J connectivity index is 1.97. The van der Waals surface area contributed by atoms with Gasteiger partial charge in [-0.25, -0.2) is 8.42 Å². The van der Waals surface area contributed by atoms with E-state index in [2.05, 4.69) is 5.32 Å². The Morgan fingerprint density at radius 3 is 2.57 bits per heavy atom. The SMILES string of the molecule is Cc1c(Cl)cc(C(=O)NC[C@@H]2CN(S(C)(=O)=O)CCO2)cc1Cl. The van der Waals surface area contributed by atoms with Crippen LogP contribution in [0.5, 0.6) is 0 Å². The van der Waals surface area contributed by atoms with Gasteiger partial charge in [-0.05, 0) is 24.6 Å². The first-order valence-corrected chi connectivity index (χ1v) is 9.59. The van der Waals surface area contributed by atoms with Gasteiger partial charge in [0.2, 0.25) is 10.0 Å². The normalized spacial score (nSPS) is 19.6. The van der Waals surface area contributed by atoms with E-state index < -0.39 is 10.0 Å². The second kappa shape index (κ2) is 7.36. The van der Waals surface area contributed by atoms with Crippen LogP contribution in [0.3, 0.4) is 0 Å². The molecule has 1 aromatic rings. The maximum absolute atomic E-state index is 12.2. The number of rotatable bonds is 4. The molecule has 0 saturated carbocycles. The zero-order valence-electron chi connectivity index (χ0n) is 12.8. The van der Waals surface area contributed by atoms with E-state index in [1.54, 1.807) is 19.1 Å². The summed E-state index contributed by atoms with van der Waals surface area (Å²) in [5.74, 6) is -0.339. The van der Waals surface area contributed by atoms with E-state index in [4.69, 9.17) is 27.9 Å². The lowest BCUT2D eigenvalue weighted by Gasteiger charge is -2.31. The van der Waals surface area contributed by atoms with E-state index in [0.717, 1.165) is 6.26 Å². The number of carbonyl (C=O) groups is 1. The van der Waals surface area contributed by atoms with E-state index in [1.807, 2.05) is 0 Å². The number of nitrogens with zero attached hydrogens (tertiary/aromatic N) is 1. The highest BCUT2D eigenvalue weighted by Gasteiger charge is 2.26. The molecule has 1 amide bonds. The fourth-order valence-electron chi connectivity index (χ4n) is 2.20. The molecule has 0 unspecified atom stereocenters. The summed E-state index contributed by atoms with van der Waals surface area (Å²) in [5.41, 5.74) is 1.06. The maximum atomic E-state index is 12.2. The second-order valence-electron chi connectivity index (χ2n) is 5.39. The number of carbonyl (C=O) groups excluding carboxylic acids is 1. The molecular formula is C14H18Cl2N2O4S. The Morgan fingerprint density at radius 1 is 1.39 bits per heavy atom. The van der Waals surface area contributed by atoms with Crippen LogP contribution >= 0.6 is 23.2 Å². The van der Waals surface area contributed by atoms with Gasteiger partial charge in [0.1, 0.15) is 0 Å². The van der Waals surface area contributed by atoms with Crippen molar-refractivity contribution in [1.82, 2.24) is 9.62 Å². The lowest BCUT2D eigenvalue weighted by Crippen LogP contribution is -2.49. The van der Waals surface area contributed by atoms with Crippen LogP contribution in [0.15, 0.2) is 12.1 Å². The van der Waals surface area contributed by atoms with Gasteiger partial charge in [-0.3, -0.25) is 4.79 Å². The molecule has 2 rings (SSSR count). The fourth-order valence-corrected chi connectivity index (χ4v) is 3.53. The molecule has 0 radical (unpaired) electrons. The minimum absolute atomic E-state index is 0.202. The molecule has 128 valence electrons. The predicted molar refractivity (Wildman–Crippen MR) is 89.7 cm³/mol. The molecule has 23 heavy (non-hydrogen) atoms. The van der Waals surface area contributed by atoms with Crippen LogP contribution in [0.1, 0.15) is 15.9 Å². The van der Waals surface area contributed by atoms with Gasteiger partial charge < -0.3 is 10.1 Å². The Labute approximate surface area is 145 Å². The number of nitrogens with one attached hydrogen (secondary N) is 1. The smallest absolute Gasteiger partial charge is 0.251 e. The first-order valence-electron chi connectivity index (χ1n) is 6.99. The van der Waals surface area contributed by atoms with Gasteiger partial charge in [-0.15, -0.1) is 0 Å². The molecular weight excluding hydrogens is 363 g/mol. The minimum Gasteiger partial charge on any atom is -0.374 e. The highest BCUT2D eigenvalue weighted by atomic mass is 35.5. The molecule has 1 atom stereocenters. The monoisotopic (exact) mass is 380 g/mol. The summed E-state index contributed by atoms with van der Waals surface area (Å²) < 4.78 is 29.9. The molecule has 0 aromatic heterocycles. The quantitative estimate of drug-likeness (QED) is 0.862. The number of ether oxygens (including phenoxy) is 1. The Bertz CT molecular complexity index is 686. The zero-order valence-corrected chi connectivity index (χ0v) is 15.1. The van der Waals surface area contributed by atoms with Crippen LogP contribution in [-0.4, -0.2) is 57.2 Å². The van der Waals surface area contributed by atoms with Gasteiger partial charge in [0.05, 0.1) is 19.0 Å². The van der Waals surface area contributed by atoms with Gasteiger partial charge in [0.25, 0.3) is 5.91 Å². The number of hydrogen-bond acceptors (Lipinski definition) is 4. The summed E-state index contributed by atoms with van der Waals surface area (Å²) in [4.78, 5) is 12.2. The van der Waals surface area contributed by atoms with E-state index in [-0.39, 0.29) is 25.1 Å². The summed E-state index contributed by atoms with van der Waals surface area (Å²) in [5, 5.41) is 3.54. The van der Waals surface area contributed by atoms with Gasteiger partial charge in [-0.2, -0.15) is 4.31 Å². The topological polar surface area (TPSA) is 75.7 Å². The molecule has 1 heterocycles. The average molecular weight is 381 g/mol. The van der Waals surface area contributed by atoms with Crippen LogP contribution in [0.25, 0.3) is 0 Å². The summed E-state index contributed by atoms with van der Waals surface area (Å²) in [7, 11) is -3.26. The van der Waals surface area contributed by atoms with Crippen LogP contribution in [0.2, 0.25) is 10.0 Å². The zero-order chi connectivity index (χ0) is 17.2. The van der Waals surface area contributed by atoms with Crippen LogP contribution in [-0.2, 0) is 14.8 Å². The number of amides is 1. The number of morpholine rings is 1. The molecule has 9 heteroatoms. The molecule has 1 fully saturated rings. The molecule has 0 bridgehead atoms. The van der Waals surface area contributed by atoms with E-state index in [0.29, 0.717) is 34.3 Å². The van der Waals surface area contributed by atoms with Crippen molar-refractivity contribution in [2.75, 3.05) is 32.5 Å². The van der Waals surface area contributed by atoms with Crippen LogP contribution in [0, 0.1) is 6.92 Å². The van der Waals surface area contributed by atoms with Gasteiger partial charge in [-0.1, -0.05) is 23.2 Å². The summed E-state index contributed by atoms with van der Waals surface area (Å²) in [6.45, 7) is 2.81. The predicted octanol–water partition coefficient (Wildman–Crippen LogP) is 1.69. The molecule has 1 N–H and O–H groups in total. The van der Waals surface area contributed by atoms with Gasteiger partial charge in [0, 0.05) is 35.2 Å². The van der Waals surface area contributed by atoms with Gasteiger partial charge >= 0.3 is 0 Å². The standard InChI is InChI=1S/C14H18Cl2N2O4S/c1-9-12(15)5-10(6-13(9)16)14(19)17-7-11-8-18(3-4-22-11)23(2,20)21/h5-6,11H,3-4,7-8H2,1-2H3,(H,17,19)/t11-/m1/s1. The molecule has 1 saturated heterocycles. The van der Waals surface area contributed by atoms with Gasteiger partial charge in [0.15, 0.2) is 0 Å². The molecule has 1 aliphatic heterocycles. The first-order chi connectivity index (χ1) is 10.7. The van der Waals surface area contributed by atoms with E-state index in [1.165, 1.54) is 4.31 Å². The third kappa shape index (κ3) is 4.81. The number of hydrogen-bond donors (Lipinski definition) is 1. The number of halogens is 2. The largest absolute Gasteiger partial charge is 0.374 e. The Kier molecular flexibility index (Phi) is 5.91. The second-order valence-corrected chi connectivity index (χ2v) is 8.19. The first kappa shape index (κ1) is 18.5. The van der Waals surface area contributed by atoms with Crippen molar-refractivity contribution in [2.45, 2.75) is 13.0 Å².